The maximum atomic E-state index is 11.1. The van der Waals surface area contributed by atoms with Crippen molar-refractivity contribution in [1.29, 1.82) is 0 Å². The third-order valence-electron chi connectivity index (χ3n) is 1.78. The zero-order valence-electron chi connectivity index (χ0n) is 7.50. The van der Waals surface area contributed by atoms with Gasteiger partial charge in [0.1, 0.15) is 0 Å². The van der Waals surface area contributed by atoms with Gasteiger partial charge in [-0.2, -0.15) is 0 Å². The highest BCUT2D eigenvalue weighted by Gasteiger charge is 2.07. The summed E-state index contributed by atoms with van der Waals surface area (Å²) in [6.07, 6.45) is 0. The van der Waals surface area contributed by atoms with Crippen molar-refractivity contribution in [3.05, 3.63) is 29.3 Å². The van der Waals surface area contributed by atoms with Gasteiger partial charge in [-0.05, 0) is 26.0 Å². The minimum Gasteiger partial charge on any atom is -0.295 e. The van der Waals surface area contributed by atoms with Gasteiger partial charge in [-0.25, -0.2) is 0 Å². The van der Waals surface area contributed by atoms with Crippen molar-refractivity contribution in [3.63, 3.8) is 0 Å². The zero-order chi connectivity index (χ0) is 10.0. The second kappa shape index (κ2) is 3.75. The Kier molecular flexibility index (Phi) is 2.88. The van der Waals surface area contributed by atoms with Crippen LogP contribution in [-0.2, 0) is 0 Å². The van der Waals surface area contributed by atoms with Crippen molar-refractivity contribution in [2.24, 2.45) is 0 Å². The first-order chi connectivity index (χ1) is 6.02. The highest BCUT2D eigenvalue weighted by molar-refractivity contribution is 7.80. The molecule has 0 saturated carbocycles. The van der Waals surface area contributed by atoms with Crippen LogP contribution >= 0.6 is 12.6 Å². The van der Waals surface area contributed by atoms with Crippen LogP contribution in [0.1, 0.15) is 34.6 Å². The Bertz CT molecular complexity index is 369. The van der Waals surface area contributed by atoms with E-state index in [0.29, 0.717) is 16.0 Å². The molecule has 1 rings (SSSR count). The fourth-order valence-electron chi connectivity index (χ4n) is 1.04. The summed E-state index contributed by atoms with van der Waals surface area (Å²) in [6, 6.07) is 4.90. The van der Waals surface area contributed by atoms with Crippen LogP contribution < -0.4 is 0 Å². The van der Waals surface area contributed by atoms with Gasteiger partial charge in [-0.3, -0.25) is 9.59 Å². The topological polar surface area (TPSA) is 34.1 Å². The quantitative estimate of drug-likeness (QED) is 0.579. The minimum absolute atomic E-state index is 0.0455. The van der Waals surface area contributed by atoms with Crippen molar-refractivity contribution < 1.29 is 9.59 Å². The molecule has 2 nitrogen and oxygen atoms in total. The Morgan fingerprint density at radius 3 is 2.23 bits per heavy atom. The third kappa shape index (κ3) is 2.18. The second-order valence-corrected chi connectivity index (χ2v) is 3.33. The normalized spacial score (nSPS) is 9.77. The van der Waals surface area contributed by atoms with E-state index in [2.05, 4.69) is 12.6 Å². The molecule has 0 heterocycles. The number of Topliss-reactive ketones (excluding diaryl/α,β-unsaturated/α-hetero) is 2. The smallest absolute Gasteiger partial charge is 0.160 e. The van der Waals surface area contributed by atoms with Gasteiger partial charge < -0.3 is 0 Å². The monoisotopic (exact) mass is 194 g/mol. The van der Waals surface area contributed by atoms with Gasteiger partial charge in [0.25, 0.3) is 0 Å². The van der Waals surface area contributed by atoms with Crippen molar-refractivity contribution in [1.82, 2.24) is 0 Å². The molecule has 68 valence electrons. The summed E-state index contributed by atoms with van der Waals surface area (Å²) in [5, 5.41) is 0. The number of carbonyl (C=O) groups excluding carboxylic acids is 2. The molecule has 0 spiro atoms. The van der Waals surface area contributed by atoms with Crippen LogP contribution in [0.3, 0.4) is 0 Å². The molecule has 0 aromatic heterocycles. The lowest BCUT2D eigenvalue weighted by atomic mass is 10.1. The number of thiol groups is 1. The summed E-state index contributed by atoms with van der Waals surface area (Å²) >= 11 is 4.12. The van der Waals surface area contributed by atoms with E-state index in [1.807, 2.05) is 0 Å². The number of carbonyl (C=O) groups is 2. The molecule has 0 aliphatic carbocycles. The first-order valence-corrected chi connectivity index (χ1v) is 4.32. The fraction of sp³-hybridized carbons (Fsp3) is 0.200. The maximum absolute atomic E-state index is 11.1. The molecule has 0 atom stereocenters. The van der Waals surface area contributed by atoms with Crippen LogP contribution in [0.25, 0.3) is 0 Å². The van der Waals surface area contributed by atoms with E-state index in [4.69, 9.17) is 0 Å². The number of hydrogen-bond acceptors (Lipinski definition) is 3. The lowest BCUT2D eigenvalue weighted by molar-refractivity contribution is 0.101. The van der Waals surface area contributed by atoms with E-state index in [-0.39, 0.29) is 11.6 Å². The van der Waals surface area contributed by atoms with Gasteiger partial charge in [-0.15, -0.1) is 12.6 Å². The number of rotatable bonds is 2. The lowest BCUT2D eigenvalue weighted by Crippen LogP contribution is -1.99. The Morgan fingerprint density at radius 1 is 1.15 bits per heavy atom. The van der Waals surface area contributed by atoms with Gasteiger partial charge in [0, 0.05) is 16.0 Å². The van der Waals surface area contributed by atoms with E-state index in [0.717, 1.165) is 0 Å². The van der Waals surface area contributed by atoms with Gasteiger partial charge >= 0.3 is 0 Å². The van der Waals surface area contributed by atoms with Crippen molar-refractivity contribution in [2.45, 2.75) is 18.7 Å². The predicted molar refractivity (Wildman–Crippen MR) is 53.7 cm³/mol. The molecule has 0 saturated heterocycles. The maximum Gasteiger partial charge on any atom is 0.160 e. The molecular formula is C10H10O2S. The van der Waals surface area contributed by atoms with E-state index in [1.54, 1.807) is 18.2 Å². The molecule has 1 aromatic rings. The van der Waals surface area contributed by atoms with Crippen LogP contribution in [0.15, 0.2) is 23.1 Å². The second-order valence-electron chi connectivity index (χ2n) is 2.84. The van der Waals surface area contributed by atoms with Crippen LogP contribution in [0, 0.1) is 0 Å². The number of benzene rings is 1. The van der Waals surface area contributed by atoms with Gasteiger partial charge in [0.05, 0.1) is 0 Å². The largest absolute Gasteiger partial charge is 0.295 e. The van der Waals surface area contributed by atoms with Crippen molar-refractivity contribution in [2.75, 3.05) is 0 Å². The lowest BCUT2D eigenvalue weighted by Gasteiger charge is -2.02. The molecule has 0 aliphatic heterocycles. The average Bonchev–Trinajstić information content (AvgIpc) is 2.04. The summed E-state index contributed by atoms with van der Waals surface area (Å²) < 4.78 is 0. The first-order valence-electron chi connectivity index (χ1n) is 3.87. The summed E-state index contributed by atoms with van der Waals surface area (Å²) in [5.41, 5.74) is 1.04. The van der Waals surface area contributed by atoms with Gasteiger partial charge in [0.15, 0.2) is 11.6 Å². The highest BCUT2D eigenvalue weighted by Crippen LogP contribution is 2.16. The molecule has 0 N–H and O–H groups in total. The molecule has 0 amide bonds. The summed E-state index contributed by atoms with van der Waals surface area (Å²) in [5.74, 6) is -0.121. The molecule has 3 heteroatoms. The molecule has 1 aromatic carbocycles. The number of hydrogen-bond donors (Lipinski definition) is 1. The molecular weight excluding hydrogens is 184 g/mol. The number of ketones is 2. The van der Waals surface area contributed by atoms with Crippen molar-refractivity contribution in [3.8, 4) is 0 Å². The predicted octanol–water partition coefficient (Wildman–Crippen LogP) is 2.38. The molecule has 0 unspecified atom stereocenters. The van der Waals surface area contributed by atoms with Crippen LogP contribution in [0.2, 0.25) is 0 Å². The van der Waals surface area contributed by atoms with Crippen LogP contribution in [0.4, 0.5) is 0 Å². The molecule has 0 bridgehead atoms. The molecule has 13 heavy (non-hydrogen) atoms. The molecule has 0 aliphatic rings. The summed E-state index contributed by atoms with van der Waals surface area (Å²) in [7, 11) is 0. The van der Waals surface area contributed by atoms with Crippen molar-refractivity contribution >= 4 is 24.2 Å². The molecule has 0 radical (unpaired) electrons. The standard InChI is InChI=1S/C10H10O2S/c1-6(11)8-3-4-10(13)9(5-8)7(2)12/h3-5,13H,1-2H3. The van der Waals surface area contributed by atoms with Crippen LogP contribution in [0.5, 0.6) is 0 Å². The van der Waals surface area contributed by atoms with Crippen LogP contribution in [-0.4, -0.2) is 11.6 Å². The SMILES string of the molecule is CC(=O)c1ccc(S)c(C(C)=O)c1. The minimum atomic E-state index is -0.0758. The first kappa shape index (κ1) is 9.99. The fourth-order valence-corrected chi connectivity index (χ4v) is 1.33. The van der Waals surface area contributed by atoms with Gasteiger partial charge in [-0.1, -0.05) is 6.07 Å². The Labute approximate surface area is 82.4 Å². The average molecular weight is 194 g/mol. The molecule has 0 fully saturated rings. The van der Waals surface area contributed by atoms with Gasteiger partial charge in [0.2, 0.25) is 0 Å². The van der Waals surface area contributed by atoms with E-state index < -0.39 is 0 Å². The highest BCUT2D eigenvalue weighted by atomic mass is 32.1. The van der Waals surface area contributed by atoms with E-state index in [9.17, 15) is 9.59 Å². The Balaban J connectivity index is 3.27. The third-order valence-corrected chi connectivity index (χ3v) is 2.17. The summed E-state index contributed by atoms with van der Waals surface area (Å²) in [4.78, 5) is 22.7. The zero-order valence-corrected chi connectivity index (χ0v) is 8.39. The van der Waals surface area contributed by atoms with E-state index in [1.165, 1.54) is 13.8 Å². The Morgan fingerprint density at radius 2 is 1.77 bits per heavy atom. The van der Waals surface area contributed by atoms with E-state index >= 15 is 0 Å². The summed E-state index contributed by atoms with van der Waals surface area (Å²) in [6.45, 7) is 2.93. The Hall–Kier alpha value is -1.09.